The minimum absolute atomic E-state index is 0.277. The zero-order valence-corrected chi connectivity index (χ0v) is 9.68. The number of esters is 1. The van der Waals surface area contributed by atoms with Gasteiger partial charge in [-0.05, 0) is 12.1 Å². The molecule has 5 heteroatoms. The molecule has 2 N–H and O–H groups in total. The number of nitrogen functional groups attached to an aromatic ring is 1. The normalized spacial score (nSPS) is 10.2. The van der Waals surface area contributed by atoms with Crippen LogP contribution < -0.4 is 5.73 Å². The van der Waals surface area contributed by atoms with Gasteiger partial charge in [0.15, 0.2) is 0 Å². The number of aromatic nitrogens is 2. The summed E-state index contributed by atoms with van der Waals surface area (Å²) in [5.41, 5.74) is 7.93. The SMILES string of the molecule is COC(=O)c1nc(-c2ccc(N)cc2)cn1C. The van der Waals surface area contributed by atoms with Gasteiger partial charge in [0.1, 0.15) is 0 Å². The van der Waals surface area contributed by atoms with E-state index in [0.29, 0.717) is 11.4 Å². The van der Waals surface area contributed by atoms with E-state index in [-0.39, 0.29) is 5.82 Å². The Morgan fingerprint density at radius 2 is 2.00 bits per heavy atom. The monoisotopic (exact) mass is 231 g/mol. The van der Waals surface area contributed by atoms with Crippen molar-refractivity contribution in [2.24, 2.45) is 7.05 Å². The van der Waals surface area contributed by atoms with Crippen molar-refractivity contribution in [3.8, 4) is 11.3 Å². The van der Waals surface area contributed by atoms with Gasteiger partial charge in [0.25, 0.3) is 0 Å². The highest BCUT2D eigenvalue weighted by molar-refractivity contribution is 5.86. The smallest absolute Gasteiger partial charge is 0.374 e. The third kappa shape index (κ3) is 2.13. The summed E-state index contributed by atoms with van der Waals surface area (Å²) in [6.45, 7) is 0. The lowest BCUT2D eigenvalue weighted by molar-refractivity contribution is 0.0583. The molecule has 5 nitrogen and oxygen atoms in total. The van der Waals surface area contributed by atoms with Crippen LogP contribution in [-0.4, -0.2) is 22.6 Å². The molecular formula is C12H13N3O2. The second-order valence-electron chi connectivity index (χ2n) is 3.67. The summed E-state index contributed by atoms with van der Waals surface area (Å²) in [6, 6.07) is 7.31. The predicted molar refractivity (Wildman–Crippen MR) is 64.4 cm³/mol. The van der Waals surface area contributed by atoms with Crippen molar-refractivity contribution in [3.05, 3.63) is 36.3 Å². The average Bonchev–Trinajstić information content (AvgIpc) is 2.71. The van der Waals surface area contributed by atoms with Crippen LogP contribution in [0, 0.1) is 0 Å². The number of hydrogen-bond donors (Lipinski definition) is 1. The summed E-state index contributed by atoms with van der Waals surface area (Å²) in [5, 5.41) is 0. The van der Waals surface area contributed by atoms with E-state index >= 15 is 0 Å². The van der Waals surface area contributed by atoms with Gasteiger partial charge in [-0.3, -0.25) is 0 Å². The molecule has 2 aromatic rings. The van der Waals surface area contributed by atoms with Crippen LogP contribution in [-0.2, 0) is 11.8 Å². The van der Waals surface area contributed by atoms with E-state index in [4.69, 9.17) is 5.73 Å². The van der Waals surface area contributed by atoms with Crippen LogP contribution in [0.1, 0.15) is 10.6 Å². The molecule has 0 aliphatic rings. The second kappa shape index (κ2) is 4.29. The molecule has 0 saturated heterocycles. The van der Waals surface area contributed by atoms with Gasteiger partial charge in [-0.25, -0.2) is 9.78 Å². The zero-order valence-electron chi connectivity index (χ0n) is 9.68. The van der Waals surface area contributed by atoms with Gasteiger partial charge in [-0.2, -0.15) is 0 Å². The van der Waals surface area contributed by atoms with E-state index in [1.165, 1.54) is 7.11 Å². The molecule has 0 atom stereocenters. The van der Waals surface area contributed by atoms with Crippen molar-refractivity contribution >= 4 is 11.7 Å². The molecule has 0 radical (unpaired) electrons. The summed E-state index contributed by atoms with van der Waals surface area (Å²) >= 11 is 0. The standard InChI is InChI=1S/C12H13N3O2/c1-15-7-10(14-11(15)12(16)17-2)8-3-5-9(13)6-4-8/h3-7H,13H2,1-2H3. The van der Waals surface area contributed by atoms with Crippen molar-refractivity contribution < 1.29 is 9.53 Å². The number of aryl methyl sites for hydroxylation is 1. The first-order valence-electron chi connectivity index (χ1n) is 5.09. The fourth-order valence-corrected chi connectivity index (χ4v) is 1.54. The Morgan fingerprint density at radius 3 is 2.59 bits per heavy atom. The fourth-order valence-electron chi connectivity index (χ4n) is 1.54. The Hall–Kier alpha value is -2.30. The van der Waals surface area contributed by atoms with E-state index in [0.717, 1.165) is 5.56 Å². The van der Waals surface area contributed by atoms with E-state index in [9.17, 15) is 4.79 Å². The maximum absolute atomic E-state index is 11.4. The molecule has 17 heavy (non-hydrogen) atoms. The molecule has 2 rings (SSSR count). The summed E-state index contributed by atoms with van der Waals surface area (Å²) in [6.07, 6.45) is 1.78. The topological polar surface area (TPSA) is 70.1 Å². The van der Waals surface area contributed by atoms with Crippen molar-refractivity contribution in [3.63, 3.8) is 0 Å². The molecule has 1 heterocycles. The molecule has 1 aromatic carbocycles. The van der Waals surface area contributed by atoms with Crippen molar-refractivity contribution in [1.82, 2.24) is 9.55 Å². The first-order chi connectivity index (χ1) is 8.11. The number of benzene rings is 1. The quantitative estimate of drug-likeness (QED) is 0.627. The third-order valence-electron chi connectivity index (χ3n) is 2.45. The van der Waals surface area contributed by atoms with Gasteiger partial charge >= 0.3 is 5.97 Å². The van der Waals surface area contributed by atoms with Gasteiger partial charge in [-0.1, -0.05) is 12.1 Å². The fraction of sp³-hybridized carbons (Fsp3) is 0.167. The lowest BCUT2D eigenvalue weighted by Gasteiger charge is -1.97. The van der Waals surface area contributed by atoms with Gasteiger partial charge in [0.2, 0.25) is 5.82 Å². The molecule has 0 aliphatic heterocycles. The van der Waals surface area contributed by atoms with Crippen molar-refractivity contribution in [2.75, 3.05) is 12.8 Å². The molecule has 0 amide bonds. The van der Waals surface area contributed by atoms with Gasteiger partial charge < -0.3 is 15.0 Å². The minimum atomic E-state index is -0.450. The third-order valence-corrected chi connectivity index (χ3v) is 2.45. The highest BCUT2D eigenvalue weighted by Gasteiger charge is 2.14. The average molecular weight is 231 g/mol. The van der Waals surface area contributed by atoms with Crippen LogP contribution in [0.15, 0.2) is 30.5 Å². The Balaban J connectivity index is 2.41. The molecule has 0 unspecified atom stereocenters. The first kappa shape index (κ1) is 11.2. The van der Waals surface area contributed by atoms with Gasteiger partial charge in [0.05, 0.1) is 12.8 Å². The van der Waals surface area contributed by atoms with Crippen LogP contribution in [0.2, 0.25) is 0 Å². The van der Waals surface area contributed by atoms with E-state index < -0.39 is 5.97 Å². The van der Waals surface area contributed by atoms with Crippen LogP contribution in [0.3, 0.4) is 0 Å². The Bertz CT molecular complexity index is 543. The summed E-state index contributed by atoms with van der Waals surface area (Å²) in [5.74, 6) is -0.173. The molecule has 0 aliphatic carbocycles. The number of ether oxygens (including phenoxy) is 1. The number of carbonyl (C=O) groups excluding carboxylic acids is 1. The van der Waals surface area contributed by atoms with Crippen LogP contribution >= 0.6 is 0 Å². The number of methoxy groups -OCH3 is 1. The van der Waals surface area contributed by atoms with E-state index in [2.05, 4.69) is 9.72 Å². The molecule has 0 saturated carbocycles. The van der Waals surface area contributed by atoms with Crippen molar-refractivity contribution in [2.45, 2.75) is 0 Å². The Morgan fingerprint density at radius 1 is 1.35 bits per heavy atom. The van der Waals surface area contributed by atoms with Crippen LogP contribution in [0.4, 0.5) is 5.69 Å². The van der Waals surface area contributed by atoms with E-state index in [1.54, 1.807) is 29.9 Å². The molecule has 1 aromatic heterocycles. The van der Waals surface area contributed by atoms with Crippen LogP contribution in [0.25, 0.3) is 11.3 Å². The predicted octanol–water partition coefficient (Wildman–Crippen LogP) is 1.46. The molecule has 0 spiro atoms. The first-order valence-corrected chi connectivity index (χ1v) is 5.09. The maximum atomic E-state index is 11.4. The summed E-state index contributed by atoms with van der Waals surface area (Å²) in [7, 11) is 3.08. The van der Waals surface area contributed by atoms with Crippen LogP contribution in [0.5, 0.6) is 0 Å². The van der Waals surface area contributed by atoms with Crippen molar-refractivity contribution in [1.29, 1.82) is 0 Å². The number of nitrogens with two attached hydrogens (primary N) is 1. The van der Waals surface area contributed by atoms with E-state index in [1.807, 2.05) is 12.1 Å². The minimum Gasteiger partial charge on any atom is -0.463 e. The lowest BCUT2D eigenvalue weighted by Crippen LogP contribution is -2.08. The Labute approximate surface area is 98.8 Å². The molecule has 0 bridgehead atoms. The number of nitrogens with zero attached hydrogens (tertiary/aromatic N) is 2. The number of carbonyl (C=O) groups is 1. The number of anilines is 1. The molecule has 88 valence electrons. The number of imidazole rings is 1. The van der Waals surface area contributed by atoms with Gasteiger partial charge in [-0.15, -0.1) is 0 Å². The zero-order chi connectivity index (χ0) is 12.4. The largest absolute Gasteiger partial charge is 0.463 e. The summed E-state index contributed by atoms with van der Waals surface area (Å²) in [4.78, 5) is 15.6. The Kier molecular flexibility index (Phi) is 2.82. The second-order valence-corrected chi connectivity index (χ2v) is 3.67. The highest BCUT2D eigenvalue weighted by atomic mass is 16.5. The highest BCUT2D eigenvalue weighted by Crippen LogP contribution is 2.19. The van der Waals surface area contributed by atoms with Gasteiger partial charge in [0, 0.05) is 24.5 Å². The summed E-state index contributed by atoms with van der Waals surface area (Å²) < 4.78 is 6.28. The maximum Gasteiger partial charge on any atom is 0.374 e. The molecular weight excluding hydrogens is 218 g/mol. The lowest BCUT2D eigenvalue weighted by atomic mass is 10.1. The number of rotatable bonds is 2. The molecule has 0 fully saturated rings. The number of hydrogen-bond acceptors (Lipinski definition) is 4.